The lowest BCUT2D eigenvalue weighted by atomic mass is 10.0. The van der Waals surface area contributed by atoms with E-state index in [1.54, 1.807) is 26.4 Å². The molecule has 0 radical (unpaired) electrons. The summed E-state index contributed by atoms with van der Waals surface area (Å²) in [6.07, 6.45) is 2.26. The van der Waals surface area contributed by atoms with Crippen LogP contribution in [-0.4, -0.2) is 51.5 Å². The molecule has 176 valence electrons. The average molecular weight is 480 g/mol. The highest BCUT2D eigenvalue weighted by molar-refractivity contribution is 8.14. The molecule has 0 saturated heterocycles. The van der Waals surface area contributed by atoms with E-state index < -0.39 is 0 Å². The number of methoxy groups -OCH3 is 2. The number of benzene rings is 2. The largest absolute Gasteiger partial charge is 0.493 e. The van der Waals surface area contributed by atoms with Crippen molar-refractivity contribution >= 4 is 34.3 Å². The summed E-state index contributed by atoms with van der Waals surface area (Å²) in [7, 11) is 3.17. The molecular formula is C24H25N5O4S. The van der Waals surface area contributed by atoms with Crippen molar-refractivity contribution in [1.82, 2.24) is 15.2 Å². The highest BCUT2D eigenvalue weighted by Crippen LogP contribution is 2.34. The molecule has 2 heterocycles. The standard InChI is InChI=1S/C24H25N5O4S/c1-4-21-22(15-9-10-19(32-2)20(13-15)33-3)28-29(24(31)34-21)14-16-7-5-6-8-17(16)26-23(30)18-11-12-25-27-18/h5-13,21H,4,14H2,1-3H3,(H,25,27)(H,26,30). The number of H-pyrrole nitrogens is 1. The summed E-state index contributed by atoms with van der Waals surface area (Å²) in [6, 6.07) is 14.5. The molecule has 9 nitrogen and oxygen atoms in total. The third-order valence-corrected chi connectivity index (χ3v) is 6.62. The Balaban J connectivity index is 1.63. The molecule has 0 aliphatic carbocycles. The fourth-order valence-corrected chi connectivity index (χ4v) is 4.53. The van der Waals surface area contributed by atoms with Crippen LogP contribution in [0.3, 0.4) is 0 Å². The molecule has 1 aliphatic rings. The van der Waals surface area contributed by atoms with Crippen LogP contribution in [0.5, 0.6) is 11.5 Å². The van der Waals surface area contributed by atoms with E-state index in [1.807, 2.05) is 43.3 Å². The fraction of sp³-hybridized carbons (Fsp3) is 0.250. The number of nitrogens with one attached hydrogen (secondary N) is 2. The maximum atomic E-state index is 12.9. The van der Waals surface area contributed by atoms with Crippen LogP contribution in [0.25, 0.3) is 0 Å². The zero-order valence-corrected chi connectivity index (χ0v) is 19.9. The van der Waals surface area contributed by atoms with Crippen molar-refractivity contribution in [2.45, 2.75) is 25.1 Å². The predicted molar refractivity (Wildman–Crippen MR) is 132 cm³/mol. The minimum Gasteiger partial charge on any atom is -0.493 e. The number of carbonyl (C=O) groups is 2. The van der Waals surface area contributed by atoms with E-state index in [2.05, 4.69) is 15.5 Å². The molecule has 4 rings (SSSR count). The summed E-state index contributed by atoms with van der Waals surface area (Å²) in [5.74, 6) is 0.904. The number of aromatic nitrogens is 2. The quantitative estimate of drug-likeness (QED) is 0.491. The SMILES string of the molecule is CCC1SC(=O)N(Cc2ccccc2NC(=O)c2ccn[nH]2)N=C1c1ccc(OC)c(OC)c1. The van der Waals surface area contributed by atoms with Crippen molar-refractivity contribution < 1.29 is 19.1 Å². The maximum absolute atomic E-state index is 12.9. The first-order valence-corrected chi connectivity index (χ1v) is 11.6. The van der Waals surface area contributed by atoms with Gasteiger partial charge >= 0.3 is 5.24 Å². The van der Waals surface area contributed by atoms with E-state index in [4.69, 9.17) is 14.6 Å². The van der Waals surface area contributed by atoms with Crippen molar-refractivity contribution in [3.8, 4) is 11.5 Å². The number of aromatic amines is 1. The van der Waals surface area contributed by atoms with Crippen LogP contribution >= 0.6 is 11.8 Å². The number of hydrazone groups is 1. The second-order valence-corrected chi connectivity index (χ2v) is 8.63. The third kappa shape index (κ3) is 4.91. The molecule has 34 heavy (non-hydrogen) atoms. The predicted octanol–water partition coefficient (Wildman–Crippen LogP) is 4.53. The van der Waals surface area contributed by atoms with Crippen molar-refractivity contribution in [2.24, 2.45) is 5.10 Å². The van der Waals surface area contributed by atoms with Gasteiger partial charge in [-0.1, -0.05) is 36.9 Å². The molecular weight excluding hydrogens is 454 g/mol. The zero-order chi connectivity index (χ0) is 24.1. The fourth-order valence-electron chi connectivity index (χ4n) is 3.60. The number of carbonyl (C=O) groups excluding carboxylic acids is 2. The molecule has 2 N–H and O–H groups in total. The summed E-state index contributed by atoms with van der Waals surface area (Å²) in [6.45, 7) is 2.23. The van der Waals surface area contributed by atoms with Crippen LogP contribution in [0.2, 0.25) is 0 Å². The molecule has 2 amide bonds. The van der Waals surface area contributed by atoms with Gasteiger partial charge in [0.2, 0.25) is 0 Å². The monoisotopic (exact) mass is 479 g/mol. The van der Waals surface area contributed by atoms with Gasteiger partial charge in [-0.05, 0) is 42.3 Å². The molecule has 1 atom stereocenters. The van der Waals surface area contributed by atoms with Gasteiger partial charge in [-0.3, -0.25) is 14.7 Å². The topological polar surface area (TPSA) is 109 Å². The molecule has 1 unspecified atom stereocenters. The number of para-hydroxylation sites is 1. The average Bonchev–Trinajstić information content (AvgIpc) is 3.41. The molecule has 1 aliphatic heterocycles. The van der Waals surface area contributed by atoms with E-state index in [9.17, 15) is 9.59 Å². The Morgan fingerprint density at radius 2 is 1.94 bits per heavy atom. The lowest BCUT2D eigenvalue weighted by Gasteiger charge is -2.29. The van der Waals surface area contributed by atoms with Crippen molar-refractivity contribution in [1.29, 1.82) is 0 Å². The highest BCUT2D eigenvalue weighted by Gasteiger charge is 2.31. The first kappa shape index (κ1) is 23.4. The first-order valence-electron chi connectivity index (χ1n) is 10.7. The minimum absolute atomic E-state index is 0.0859. The second-order valence-electron chi connectivity index (χ2n) is 7.47. The van der Waals surface area contributed by atoms with Gasteiger partial charge in [0.15, 0.2) is 11.5 Å². The van der Waals surface area contributed by atoms with Crippen LogP contribution in [0.15, 0.2) is 59.8 Å². The van der Waals surface area contributed by atoms with Crippen LogP contribution in [0.4, 0.5) is 10.5 Å². The van der Waals surface area contributed by atoms with E-state index >= 15 is 0 Å². The van der Waals surface area contributed by atoms with Gasteiger partial charge in [0.1, 0.15) is 5.69 Å². The van der Waals surface area contributed by atoms with E-state index in [-0.39, 0.29) is 22.9 Å². The molecule has 2 aromatic carbocycles. The molecule has 1 aromatic heterocycles. The lowest BCUT2D eigenvalue weighted by molar-refractivity contribution is 0.102. The Bertz CT molecular complexity index is 1210. The van der Waals surface area contributed by atoms with Crippen LogP contribution in [0, 0.1) is 0 Å². The van der Waals surface area contributed by atoms with Gasteiger partial charge in [0.05, 0.1) is 31.7 Å². The number of thioether (sulfide) groups is 1. The molecule has 0 bridgehead atoms. The second kappa shape index (κ2) is 10.4. The van der Waals surface area contributed by atoms with Gasteiger partial charge in [0, 0.05) is 17.4 Å². The Labute approximate surface area is 201 Å². The first-order chi connectivity index (χ1) is 16.5. The summed E-state index contributed by atoms with van der Waals surface area (Å²) < 4.78 is 10.8. The minimum atomic E-state index is -0.315. The normalized spacial score (nSPS) is 15.6. The number of amides is 2. The lowest BCUT2D eigenvalue weighted by Crippen LogP contribution is -2.35. The van der Waals surface area contributed by atoms with Gasteiger partial charge < -0.3 is 14.8 Å². The van der Waals surface area contributed by atoms with Crippen molar-refractivity contribution in [3.63, 3.8) is 0 Å². The van der Waals surface area contributed by atoms with Crippen LogP contribution in [-0.2, 0) is 6.54 Å². The molecule has 3 aromatic rings. The van der Waals surface area contributed by atoms with Crippen molar-refractivity contribution in [3.05, 3.63) is 71.5 Å². The Morgan fingerprint density at radius 3 is 2.65 bits per heavy atom. The Kier molecular flexibility index (Phi) is 7.17. The Hall–Kier alpha value is -3.79. The van der Waals surface area contributed by atoms with Gasteiger partial charge in [-0.2, -0.15) is 10.2 Å². The third-order valence-electron chi connectivity index (χ3n) is 5.37. The number of nitrogens with zero attached hydrogens (tertiary/aromatic N) is 3. The maximum Gasteiger partial charge on any atom is 0.302 e. The van der Waals surface area contributed by atoms with E-state index in [1.165, 1.54) is 23.0 Å². The number of rotatable bonds is 8. The van der Waals surface area contributed by atoms with Gasteiger partial charge in [0.25, 0.3) is 5.91 Å². The van der Waals surface area contributed by atoms with Crippen LogP contribution < -0.4 is 14.8 Å². The van der Waals surface area contributed by atoms with E-state index in [0.717, 1.165) is 23.3 Å². The number of ether oxygens (including phenoxy) is 2. The summed E-state index contributed by atoms with van der Waals surface area (Å²) in [5.41, 5.74) is 3.34. The zero-order valence-electron chi connectivity index (χ0n) is 19.1. The number of hydrogen-bond acceptors (Lipinski definition) is 7. The smallest absolute Gasteiger partial charge is 0.302 e. The molecule has 0 fully saturated rings. The summed E-state index contributed by atoms with van der Waals surface area (Å²) in [5, 5.41) is 15.3. The summed E-state index contributed by atoms with van der Waals surface area (Å²) in [4.78, 5) is 25.4. The number of anilines is 1. The van der Waals surface area contributed by atoms with Crippen molar-refractivity contribution in [2.75, 3.05) is 19.5 Å². The van der Waals surface area contributed by atoms with Gasteiger partial charge in [-0.15, -0.1) is 0 Å². The number of hydrogen-bond donors (Lipinski definition) is 2. The van der Waals surface area contributed by atoms with Crippen LogP contribution in [0.1, 0.15) is 35.0 Å². The van der Waals surface area contributed by atoms with E-state index in [0.29, 0.717) is 22.9 Å². The Morgan fingerprint density at radius 1 is 1.15 bits per heavy atom. The molecule has 0 spiro atoms. The highest BCUT2D eigenvalue weighted by atomic mass is 32.2. The van der Waals surface area contributed by atoms with Gasteiger partial charge in [-0.25, -0.2) is 5.01 Å². The molecule has 10 heteroatoms. The molecule has 0 saturated carbocycles. The summed E-state index contributed by atoms with van der Waals surface area (Å²) >= 11 is 1.24.